The van der Waals surface area contributed by atoms with Crippen molar-refractivity contribution in [2.75, 3.05) is 18.5 Å². The molecule has 2 rings (SSSR count). The molecule has 0 spiro atoms. The van der Waals surface area contributed by atoms with Crippen LogP contribution in [0.5, 0.6) is 5.75 Å². The van der Waals surface area contributed by atoms with Crippen LogP contribution in [0.4, 0.5) is 23.2 Å². The zero-order valence-electron chi connectivity index (χ0n) is 11.2. The van der Waals surface area contributed by atoms with Crippen LogP contribution in [0.25, 0.3) is 0 Å². The van der Waals surface area contributed by atoms with Crippen LogP contribution in [0.3, 0.4) is 0 Å². The zero-order chi connectivity index (χ0) is 15.4. The first-order valence-corrected chi connectivity index (χ1v) is 6.26. The maximum absolute atomic E-state index is 13.3. The molecule has 0 aliphatic heterocycles. The molecule has 2 aromatic carbocycles. The summed E-state index contributed by atoms with van der Waals surface area (Å²) in [5.41, 5.74) is 1.83. The van der Waals surface area contributed by atoms with Gasteiger partial charge in [0.25, 0.3) is 0 Å². The van der Waals surface area contributed by atoms with E-state index in [0.717, 1.165) is 11.3 Å². The van der Waals surface area contributed by atoms with Crippen molar-refractivity contribution in [1.82, 2.24) is 0 Å². The Labute approximate surface area is 119 Å². The van der Waals surface area contributed by atoms with Gasteiger partial charge in [-0.1, -0.05) is 18.2 Å². The van der Waals surface area contributed by atoms with E-state index in [1.165, 1.54) is 0 Å². The lowest BCUT2D eigenvalue weighted by Gasteiger charge is -2.12. The standard InChI is InChI=1S/C15H13F4NO/c1-9-4-2-3-5-12(9)20-6-7-21-15-13(18)10(16)8-11(17)14(15)19/h2-5,8,20H,6-7H2,1H3. The van der Waals surface area contributed by atoms with E-state index >= 15 is 0 Å². The number of benzene rings is 2. The molecule has 0 radical (unpaired) electrons. The van der Waals surface area contributed by atoms with E-state index in [2.05, 4.69) is 5.32 Å². The minimum absolute atomic E-state index is 0.142. The topological polar surface area (TPSA) is 21.3 Å². The maximum Gasteiger partial charge on any atom is 0.203 e. The summed E-state index contributed by atoms with van der Waals surface area (Å²) in [6.07, 6.45) is 0. The fourth-order valence-electron chi connectivity index (χ4n) is 1.79. The minimum Gasteiger partial charge on any atom is -0.486 e. The molecule has 0 atom stereocenters. The molecule has 21 heavy (non-hydrogen) atoms. The molecular formula is C15H13F4NO. The first-order valence-electron chi connectivity index (χ1n) is 6.26. The van der Waals surface area contributed by atoms with Crippen molar-refractivity contribution >= 4 is 5.69 Å². The van der Waals surface area contributed by atoms with Crippen molar-refractivity contribution in [3.05, 3.63) is 59.2 Å². The molecule has 0 unspecified atom stereocenters. The number of hydrogen-bond donors (Lipinski definition) is 1. The van der Waals surface area contributed by atoms with Crippen LogP contribution in [0, 0.1) is 30.2 Å². The molecule has 0 aliphatic carbocycles. The number of nitrogens with one attached hydrogen (secondary N) is 1. The Morgan fingerprint density at radius 3 is 2.24 bits per heavy atom. The first kappa shape index (κ1) is 15.2. The average molecular weight is 299 g/mol. The van der Waals surface area contributed by atoms with Gasteiger partial charge in [0.05, 0.1) is 0 Å². The highest BCUT2D eigenvalue weighted by atomic mass is 19.2. The molecule has 1 N–H and O–H groups in total. The summed E-state index contributed by atoms with van der Waals surface area (Å²) in [6, 6.07) is 7.57. The van der Waals surface area contributed by atoms with Gasteiger partial charge in [-0.25, -0.2) is 8.78 Å². The largest absolute Gasteiger partial charge is 0.486 e. The Hall–Kier alpha value is -2.24. The molecule has 0 amide bonds. The van der Waals surface area contributed by atoms with Crippen molar-refractivity contribution in [2.24, 2.45) is 0 Å². The van der Waals surface area contributed by atoms with E-state index in [1.54, 1.807) is 0 Å². The van der Waals surface area contributed by atoms with Gasteiger partial charge in [-0.3, -0.25) is 0 Å². The van der Waals surface area contributed by atoms with Gasteiger partial charge in [0.1, 0.15) is 6.61 Å². The summed E-state index contributed by atoms with van der Waals surface area (Å²) in [5, 5.41) is 2.99. The van der Waals surface area contributed by atoms with E-state index in [0.29, 0.717) is 0 Å². The summed E-state index contributed by atoms with van der Waals surface area (Å²) in [5.74, 6) is -7.10. The number of ether oxygens (including phenoxy) is 1. The number of halogens is 4. The molecule has 0 aromatic heterocycles. The van der Waals surface area contributed by atoms with Gasteiger partial charge in [-0.05, 0) is 18.6 Å². The predicted octanol–water partition coefficient (Wildman–Crippen LogP) is 4.04. The summed E-state index contributed by atoms with van der Waals surface area (Å²) in [6.45, 7) is 1.97. The van der Waals surface area contributed by atoms with Crippen LogP contribution in [0.2, 0.25) is 0 Å². The normalized spacial score (nSPS) is 10.5. The Kier molecular flexibility index (Phi) is 4.67. The number of aryl methyl sites for hydroxylation is 1. The van der Waals surface area contributed by atoms with Crippen molar-refractivity contribution in [2.45, 2.75) is 6.92 Å². The van der Waals surface area contributed by atoms with Gasteiger partial charge in [0.15, 0.2) is 17.4 Å². The van der Waals surface area contributed by atoms with Gasteiger partial charge in [-0.15, -0.1) is 0 Å². The fourth-order valence-corrected chi connectivity index (χ4v) is 1.79. The molecular weight excluding hydrogens is 286 g/mol. The lowest BCUT2D eigenvalue weighted by atomic mass is 10.2. The van der Waals surface area contributed by atoms with Gasteiger partial charge >= 0.3 is 0 Å². The van der Waals surface area contributed by atoms with E-state index < -0.39 is 29.0 Å². The number of hydrogen-bond acceptors (Lipinski definition) is 2. The smallest absolute Gasteiger partial charge is 0.203 e. The molecule has 2 nitrogen and oxygen atoms in total. The quantitative estimate of drug-likeness (QED) is 0.511. The Morgan fingerprint density at radius 2 is 1.62 bits per heavy atom. The third kappa shape index (κ3) is 3.45. The van der Waals surface area contributed by atoms with Crippen LogP contribution in [-0.2, 0) is 0 Å². The maximum atomic E-state index is 13.3. The van der Waals surface area contributed by atoms with Gasteiger partial charge in [0, 0.05) is 18.3 Å². The highest BCUT2D eigenvalue weighted by Gasteiger charge is 2.20. The highest BCUT2D eigenvalue weighted by Crippen LogP contribution is 2.26. The molecule has 0 heterocycles. The Morgan fingerprint density at radius 1 is 1.00 bits per heavy atom. The molecule has 0 saturated carbocycles. The molecule has 0 bridgehead atoms. The van der Waals surface area contributed by atoms with E-state index in [1.807, 2.05) is 31.2 Å². The van der Waals surface area contributed by atoms with Crippen molar-refractivity contribution < 1.29 is 22.3 Å². The second-order valence-corrected chi connectivity index (χ2v) is 4.39. The number of anilines is 1. The van der Waals surface area contributed by atoms with E-state index in [-0.39, 0.29) is 19.2 Å². The molecule has 0 fully saturated rings. The van der Waals surface area contributed by atoms with E-state index in [4.69, 9.17) is 4.74 Å². The van der Waals surface area contributed by atoms with Crippen LogP contribution < -0.4 is 10.1 Å². The van der Waals surface area contributed by atoms with Gasteiger partial charge < -0.3 is 10.1 Å². The number of para-hydroxylation sites is 1. The zero-order valence-corrected chi connectivity index (χ0v) is 11.2. The molecule has 2 aromatic rings. The van der Waals surface area contributed by atoms with Crippen molar-refractivity contribution in [1.29, 1.82) is 0 Å². The predicted molar refractivity (Wildman–Crippen MR) is 71.4 cm³/mol. The average Bonchev–Trinajstić information content (AvgIpc) is 2.46. The summed E-state index contributed by atoms with van der Waals surface area (Å²) < 4.78 is 57.4. The number of rotatable bonds is 5. The van der Waals surface area contributed by atoms with Crippen LogP contribution in [0.1, 0.15) is 5.56 Å². The molecule has 0 aliphatic rings. The second-order valence-electron chi connectivity index (χ2n) is 4.39. The summed E-state index contributed by atoms with van der Waals surface area (Å²) in [7, 11) is 0. The van der Waals surface area contributed by atoms with Crippen LogP contribution in [0.15, 0.2) is 30.3 Å². The van der Waals surface area contributed by atoms with E-state index in [9.17, 15) is 17.6 Å². The lowest BCUT2D eigenvalue weighted by Crippen LogP contribution is -2.14. The van der Waals surface area contributed by atoms with Gasteiger partial charge in [0.2, 0.25) is 11.6 Å². The third-order valence-corrected chi connectivity index (χ3v) is 2.88. The van der Waals surface area contributed by atoms with Crippen LogP contribution >= 0.6 is 0 Å². The Bertz CT molecular complexity index is 620. The summed E-state index contributed by atoms with van der Waals surface area (Å²) in [4.78, 5) is 0. The monoisotopic (exact) mass is 299 g/mol. The molecule has 112 valence electrons. The van der Waals surface area contributed by atoms with Gasteiger partial charge in [-0.2, -0.15) is 8.78 Å². The molecule has 6 heteroatoms. The second kappa shape index (κ2) is 6.47. The molecule has 0 saturated heterocycles. The first-order chi connectivity index (χ1) is 10.0. The summed E-state index contributed by atoms with van der Waals surface area (Å²) >= 11 is 0. The fraction of sp³-hybridized carbons (Fsp3) is 0.200. The van der Waals surface area contributed by atoms with Crippen molar-refractivity contribution in [3.63, 3.8) is 0 Å². The lowest BCUT2D eigenvalue weighted by molar-refractivity contribution is 0.282. The minimum atomic E-state index is -1.54. The third-order valence-electron chi connectivity index (χ3n) is 2.88. The van der Waals surface area contributed by atoms with Crippen molar-refractivity contribution in [3.8, 4) is 5.75 Å². The SMILES string of the molecule is Cc1ccccc1NCCOc1c(F)c(F)cc(F)c1F. The Balaban J connectivity index is 1.97. The highest BCUT2D eigenvalue weighted by molar-refractivity contribution is 5.50. The van der Waals surface area contributed by atoms with Crippen LogP contribution in [-0.4, -0.2) is 13.2 Å².